The first-order chi connectivity index (χ1) is 11.0. The number of nitrogens with two attached hydrogens (primary N) is 1. The third-order valence-corrected chi connectivity index (χ3v) is 5.84. The van der Waals surface area contributed by atoms with Crippen molar-refractivity contribution in [3.8, 4) is 0 Å². The largest absolute Gasteiger partial charge is 0.368 e. The zero-order chi connectivity index (χ0) is 16.6. The van der Waals surface area contributed by atoms with Crippen LogP contribution in [0.25, 0.3) is 0 Å². The third kappa shape index (κ3) is 2.76. The number of hydrogen-bond donors (Lipinski definition) is 1. The second-order valence-corrected chi connectivity index (χ2v) is 6.99. The van der Waals surface area contributed by atoms with Crippen molar-refractivity contribution in [1.82, 2.24) is 14.7 Å². The summed E-state index contributed by atoms with van der Waals surface area (Å²) >= 11 is 0. The van der Waals surface area contributed by atoms with Crippen LogP contribution in [0.1, 0.15) is 38.5 Å². The molecule has 3 fully saturated rings. The topological polar surface area (TPSA) is 87.0 Å². The number of likely N-dealkylation sites (tertiary alicyclic amines) is 3. The van der Waals surface area contributed by atoms with Gasteiger partial charge in [-0.25, -0.2) is 0 Å². The number of nitrogens with zero attached hydrogens (tertiary/aromatic N) is 3. The summed E-state index contributed by atoms with van der Waals surface area (Å²) in [6, 6.07) is -0.361. The standard InChI is InChI=1S/C16H26N4O3/c1-18-13(21)11-12(14(18)22)19-9-5-16(6-10-19,15(17)23)20-7-3-2-4-8-20/h12H,2-11H2,1H3,(H2,17,23)/t12-/m0/s1. The monoisotopic (exact) mass is 322 g/mol. The molecule has 23 heavy (non-hydrogen) atoms. The molecule has 7 heteroatoms. The van der Waals surface area contributed by atoms with Crippen LogP contribution in [0.5, 0.6) is 0 Å². The zero-order valence-corrected chi connectivity index (χ0v) is 13.8. The van der Waals surface area contributed by atoms with Crippen molar-refractivity contribution in [3.05, 3.63) is 0 Å². The molecule has 3 amide bonds. The summed E-state index contributed by atoms with van der Waals surface area (Å²) in [5, 5.41) is 0. The van der Waals surface area contributed by atoms with Crippen molar-refractivity contribution in [2.24, 2.45) is 5.73 Å². The minimum atomic E-state index is -0.575. The summed E-state index contributed by atoms with van der Waals surface area (Å²) in [5.74, 6) is -0.493. The van der Waals surface area contributed by atoms with Gasteiger partial charge in [-0.2, -0.15) is 0 Å². The number of piperidine rings is 2. The fourth-order valence-corrected chi connectivity index (χ4v) is 4.27. The molecular weight excluding hydrogens is 296 g/mol. The average Bonchev–Trinajstić information content (AvgIpc) is 2.83. The molecule has 7 nitrogen and oxygen atoms in total. The Bertz CT molecular complexity index is 507. The highest BCUT2D eigenvalue weighted by atomic mass is 16.2. The van der Waals surface area contributed by atoms with Gasteiger partial charge >= 0.3 is 0 Å². The number of primary amides is 1. The Labute approximate surface area is 136 Å². The van der Waals surface area contributed by atoms with E-state index in [1.165, 1.54) is 18.4 Å². The van der Waals surface area contributed by atoms with E-state index < -0.39 is 5.54 Å². The van der Waals surface area contributed by atoms with Crippen LogP contribution in [0.15, 0.2) is 0 Å². The van der Waals surface area contributed by atoms with Gasteiger partial charge in [0, 0.05) is 20.1 Å². The molecule has 0 saturated carbocycles. The van der Waals surface area contributed by atoms with Gasteiger partial charge in [0.2, 0.25) is 17.7 Å². The summed E-state index contributed by atoms with van der Waals surface area (Å²) in [6.45, 7) is 3.12. The van der Waals surface area contributed by atoms with Crippen molar-refractivity contribution in [2.75, 3.05) is 33.2 Å². The number of carbonyl (C=O) groups excluding carboxylic acids is 3. The molecule has 3 aliphatic heterocycles. The number of likely N-dealkylation sites (N-methyl/N-ethyl adjacent to an activating group) is 1. The van der Waals surface area contributed by atoms with Gasteiger partial charge in [0.05, 0.1) is 12.5 Å². The van der Waals surface area contributed by atoms with Crippen LogP contribution < -0.4 is 5.73 Å². The van der Waals surface area contributed by atoms with E-state index in [1.807, 2.05) is 0 Å². The molecule has 0 aromatic rings. The molecule has 128 valence electrons. The molecule has 0 aliphatic carbocycles. The van der Waals surface area contributed by atoms with Crippen molar-refractivity contribution in [2.45, 2.75) is 50.1 Å². The van der Waals surface area contributed by atoms with Gasteiger partial charge in [0.1, 0.15) is 5.54 Å². The van der Waals surface area contributed by atoms with Gasteiger partial charge < -0.3 is 5.73 Å². The van der Waals surface area contributed by atoms with Crippen molar-refractivity contribution >= 4 is 17.7 Å². The van der Waals surface area contributed by atoms with Crippen LogP contribution in [0.4, 0.5) is 0 Å². The van der Waals surface area contributed by atoms with Crippen molar-refractivity contribution < 1.29 is 14.4 Å². The SMILES string of the molecule is CN1C(=O)C[C@H](N2CCC(C(N)=O)(N3CCCCC3)CC2)C1=O. The van der Waals surface area contributed by atoms with Crippen molar-refractivity contribution in [3.63, 3.8) is 0 Å². The summed E-state index contributed by atoms with van der Waals surface area (Å²) in [7, 11) is 1.54. The van der Waals surface area contributed by atoms with Gasteiger partial charge in [0.15, 0.2) is 0 Å². The Hall–Kier alpha value is -1.47. The maximum atomic E-state index is 12.2. The lowest BCUT2D eigenvalue weighted by atomic mass is 9.83. The first-order valence-electron chi connectivity index (χ1n) is 8.55. The first kappa shape index (κ1) is 16.4. The second-order valence-electron chi connectivity index (χ2n) is 6.99. The summed E-state index contributed by atoms with van der Waals surface area (Å²) in [4.78, 5) is 41.6. The van der Waals surface area contributed by atoms with E-state index in [0.29, 0.717) is 25.9 Å². The number of rotatable bonds is 3. The van der Waals surface area contributed by atoms with Gasteiger partial charge in [-0.1, -0.05) is 6.42 Å². The highest BCUT2D eigenvalue weighted by Gasteiger charge is 2.48. The maximum Gasteiger partial charge on any atom is 0.246 e. The lowest BCUT2D eigenvalue weighted by molar-refractivity contribution is -0.139. The molecule has 0 bridgehead atoms. The van der Waals surface area contributed by atoms with Crippen LogP contribution in [-0.2, 0) is 14.4 Å². The Morgan fingerprint density at radius 1 is 1.09 bits per heavy atom. The molecule has 3 aliphatic rings. The fraction of sp³-hybridized carbons (Fsp3) is 0.812. The highest BCUT2D eigenvalue weighted by molar-refractivity contribution is 6.05. The van der Waals surface area contributed by atoms with Crippen LogP contribution in [0.2, 0.25) is 0 Å². The van der Waals surface area contributed by atoms with E-state index in [4.69, 9.17) is 5.73 Å². The molecule has 1 atom stereocenters. The summed E-state index contributed by atoms with van der Waals surface area (Å²) in [5.41, 5.74) is 5.20. The maximum absolute atomic E-state index is 12.2. The van der Waals surface area contributed by atoms with E-state index in [-0.39, 0.29) is 30.2 Å². The Morgan fingerprint density at radius 3 is 2.17 bits per heavy atom. The number of imide groups is 1. The molecule has 0 radical (unpaired) electrons. The van der Waals surface area contributed by atoms with Crippen LogP contribution in [0.3, 0.4) is 0 Å². The number of amides is 3. The summed E-state index contributed by atoms with van der Waals surface area (Å²) in [6.07, 6.45) is 4.97. The Kier molecular flexibility index (Phi) is 4.42. The van der Waals surface area contributed by atoms with Gasteiger partial charge in [-0.15, -0.1) is 0 Å². The van der Waals surface area contributed by atoms with E-state index in [0.717, 1.165) is 25.9 Å². The normalized spacial score (nSPS) is 30.0. The first-order valence-corrected chi connectivity index (χ1v) is 8.55. The second kappa shape index (κ2) is 6.20. The molecule has 2 N–H and O–H groups in total. The lowest BCUT2D eigenvalue weighted by Crippen LogP contribution is -2.64. The van der Waals surface area contributed by atoms with Crippen LogP contribution in [-0.4, -0.2) is 77.2 Å². The molecule has 3 rings (SSSR count). The van der Waals surface area contributed by atoms with E-state index >= 15 is 0 Å². The van der Waals surface area contributed by atoms with Crippen molar-refractivity contribution in [1.29, 1.82) is 0 Å². The number of hydrogen-bond acceptors (Lipinski definition) is 5. The molecule has 3 heterocycles. The third-order valence-electron chi connectivity index (χ3n) is 5.84. The van der Waals surface area contributed by atoms with Gasteiger partial charge in [-0.05, 0) is 38.8 Å². The summed E-state index contributed by atoms with van der Waals surface area (Å²) < 4.78 is 0. The fourth-order valence-electron chi connectivity index (χ4n) is 4.27. The minimum Gasteiger partial charge on any atom is -0.368 e. The molecular formula is C16H26N4O3. The molecule has 3 saturated heterocycles. The Morgan fingerprint density at radius 2 is 1.70 bits per heavy atom. The predicted molar refractivity (Wildman–Crippen MR) is 84.3 cm³/mol. The molecule has 0 aromatic heterocycles. The molecule has 0 unspecified atom stereocenters. The minimum absolute atomic E-state index is 0.122. The van der Waals surface area contributed by atoms with E-state index in [2.05, 4.69) is 9.80 Å². The average molecular weight is 322 g/mol. The molecule has 0 spiro atoms. The Balaban J connectivity index is 1.69. The quantitative estimate of drug-likeness (QED) is 0.711. The lowest BCUT2D eigenvalue weighted by Gasteiger charge is -2.48. The highest BCUT2D eigenvalue weighted by Crippen LogP contribution is 2.33. The number of carbonyl (C=O) groups is 3. The van der Waals surface area contributed by atoms with Crippen LogP contribution in [0, 0.1) is 0 Å². The van der Waals surface area contributed by atoms with Gasteiger partial charge in [-0.3, -0.25) is 29.1 Å². The van der Waals surface area contributed by atoms with Gasteiger partial charge in [0.25, 0.3) is 0 Å². The van der Waals surface area contributed by atoms with Crippen LogP contribution >= 0.6 is 0 Å². The molecule has 0 aromatic carbocycles. The predicted octanol–water partition coefficient (Wildman–Crippen LogP) is -0.450. The smallest absolute Gasteiger partial charge is 0.246 e. The van der Waals surface area contributed by atoms with E-state index in [1.54, 1.807) is 0 Å². The van der Waals surface area contributed by atoms with E-state index in [9.17, 15) is 14.4 Å². The zero-order valence-electron chi connectivity index (χ0n) is 13.8.